The quantitative estimate of drug-likeness (QED) is 0.814. The molecule has 0 aliphatic heterocycles. The maximum absolute atomic E-state index is 11.4. The van der Waals surface area contributed by atoms with Gasteiger partial charge in [0, 0.05) is 11.9 Å². The summed E-state index contributed by atoms with van der Waals surface area (Å²) in [5.41, 5.74) is 0. The average molecular weight is 286 g/mol. The highest BCUT2D eigenvalue weighted by molar-refractivity contribution is 9.09. The van der Waals surface area contributed by atoms with E-state index in [9.17, 15) is 4.79 Å². The van der Waals surface area contributed by atoms with E-state index in [2.05, 4.69) is 28.2 Å². The van der Waals surface area contributed by atoms with Crippen LogP contribution in [0.3, 0.4) is 0 Å². The molecule has 1 atom stereocenters. The van der Waals surface area contributed by atoms with Gasteiger partial charge in [-0.2, -0.15) is 0 Å². The molecule has 0 aliphatic carbocycles. The Labute approximate surface area is 104 Å². The highest BCUT2D eigenvalue weighted by Crippen LogP contribution is 2.07. The molecule has 88 valence electrons. The first-order valence-electron chi connectivity index (χ1n) is 5.23. The van der Waals surface area contributed by atoms with Crippen LogP contribution in [0, 0.1) is 5.92 Å². The first-order chi connectivity index (χ1) is 7.72. The minimum absolute atomic E-state index is 0.0685. The summed E-state index contributed by atoms with van der Waals surface area (Å²) < 4.78 is 5.31. The van der Waals surface area contributed by atoms with Gasteiger partial charge in [0.15, 0.2) is 6.61 Å². The Bertz CT molecular complexity index is 316. The second-order valence-electron chi connectivity index (χ2n) is 3.67. The van der Waals surface area contributed by atoms with Crippen LogP contribution in [0.2, 0.25) is 0 Å². The van der Waals surface area contributed by atoms with Crippen LogP contribution in [0.1, 0.15) is 6.92 Å². The third-order valence-corrected chi connectivity index (χ3v) is 3.13. The van der Waals surface area contributed by atoms with Gasteiger partial charge in [-0.1, -0.05) is 41.1 Å². The lowest BCUT2D eigenvalue weighted by Gasteiger charge is -2.10. The summed E-state index contributed by atoms with van der Waals surface area (Å²) in [5.74, 6) is 1.06. The van der Waals surface area contributed by atoms with Crippen molar-refractivity contribution in [2.75, 3.05) is 18.5 Å². The zero-order valence-electron chi connectivity index (χ0n) is 9.28. The molecule has 1 amide bonds. The number of amides is 1. The Hall–Kier alpha value is -1.03. The van der Waals surface area contributed by atoms with Gasteiger partial charge < -0.3 is 10.1 Å². The van der Waals surface area contributed by atoms with Crippen molar-refractivity contribution in [1.82, 2.24) is 5.32 Å². The molecule has 1 N–H and O–H groups in total. The first kappa shape index (κ1) is 13.0. The Morgan fingerprint density at radius 3 is 2.75 bits per heavy atom. The number of ether oxygens (including phenoxy) is 1. The Kier molecular flexibility index (Phi) is 5.93. The first-order valence-corrected chi connectivity index (χ1v) is 6.35. The maximum atomic E-state index is 11.4. The molecule has 0 aromatic heterocycles. The largest absolute Gasteiger partial charge is 0.484 e. The third kappa shape index (κ3) is 5.16. The predicted octanol–water partition coefficient (Wildman–Crippen LogP) is 2.21. The van der Waals surface area contributed by atoms with Gasteiger partial charge in [-0.05, 0) is 18.1 Å². The second kappa shape index (κ2) is 7.28. The van der Waals surface area contributed by atoms with Crippen LogP contribution in [0.5, 0.6) is 5.75 Å². The number of carbonyl (C=O) groups excluding carboxylic acids is 1. The summed E-state index contributed by atoms with van der Waals surface area (Å²) in [7, 11) is 0. The van der Waals surface area contributed by atoms with Crippen LogP contribution in [-0.2, 0) is 4.79 Å². The number of rotatable bonds is 6. The molecular weight excluding hydrogens is 270 g/mol. The van der Waals surface area contributed by atoms with Crippen molar-refractivity contribution in [1.29, 1.82) is 0 Å². The molecule has 1 aromatic rings. The topological polar surface area (TPSA) is 38.3 Å². The second-order valence-corrected chi connectivity index (χ2v) is 4.31. The highest BCUT2D eigenvalue weighted by Gasteiger charge is 2.04. The molecule has 0 bridgehead atoms. The predicted molar refractivity (Wildman–Crippen MR) is 67.9 cm³/mol. The number of benzene rings is 1. The van der Waals surface area contributed by atoms with E-state index in [1.54, 1.807) is 0 Å². The van der Waals surface area contributed by atoms with E-state index >= 15 is 0 Å². The molecule has 4 heteroatoms. The fourth-order valence-electron chi connectivity index (χ4n) is 1.06. The lowest BCUT2D eigenvalue weighted by atomic mass is 10.2. The van der Waals surface area contributed by atoms with Crippen LogP contribution < -0.4 is 10.1 Å². The van der Waals surface area contributed by atoms with Gasteiger partial charge in [0.1, 0.15) is 5.75 Å². The Morgan fingerprint density at radius 1 is 1.44 bits per heavy atom. The zero-order chi connectivity index (χ0) is 11.8. The normalized spacial score (nSPS) is 11.9. The van der Waals surface area contributed by atoms with Crippen molar-refractivity contribution in [3.63, 3.8) is 0 Å². The van der Waals surface area contributed by atoms with Gasteiger partial charge in [-0.25, -0.2) is 0 Å². The van der Waals surface area contributed by atoms with Crippen molar-refractivity contribution < 1.29 is 9.53 Å². The average Bonchev–Trinajstić information content (AvgIpc) is 2.34. The van der Waals surface area contributed by atoms with Crippen molar-refractivity contribution in [3.8, 4) is 5.75 Å². The maximum Gasteiger partial charge on any atom is 0.257 e. The SMILES string of the molecule is CC(CBr)CNC(=O)COc1ccccc1. The summed E-state index contributed by atoms with van der Waals surface area (Å²) in [6.07, 6.45) is 0. The number of nitrogens with one attached hydrogen (secondary N) is 1. The van der Waals surface area contributed by atoms with Crippen molar-refractivity contribution in [2.45, 2.75) is 6.92 Å². The lowest BCUT2D eigenvalue weighted by molar-refractivity contribution is -0.123. The van der Waals surface area contributed by atoms with Crippen LogP contribution in [0.15, 0.2) is 30.3 Å². The fourth-order valence-corrected chi connectivity index (χ4v) is 1.29. The van der Waals surface area contributed by atoms with Gasteiger partial charge in [0.05, 0.1) is 0 Å². The molecule has 0 fully saturated rings. The van der Waals surface area contributed by atoms with Gasteiger partial charge >= 0.3 is 0 Å². The number of halogens is 1. The molecule has 1 unspecified atom stereocenters. The Balaban J connectivity index is 2.20. The van der Waals surface area contributed by atoms with Gasteiger partial charge in [-0.15, -0.1) is 0 Å². The van der Waals surface area contributed by atoms with E-state index in [1.165, 1.54) is 0 Å². The molecule has 1 aromatic carbocycles. The number of alkyl halides is 1. The van der Waals surface area contributed by atoms with Crippen LogP contribution in [0.25, 0.3) is 0 Å². The van der Waals surface area contributed by atoms with Crippen LogP contribution >= 0.6 is 15.9 Å². The van der Waals surface area contributed by atoms with E-state index in [0.29, 0.717) is 18.2 Å². The third-order valence-electron chi connectivity index (χ3n) is 2.02. The van der Waals surface area contributed by atoms with E-state index < -0.39 is 0 Å². The van der Waals surface area contributed by atoms with Crippen LogP contribution in [-0.4, -0.2) is 24.4 Å². The zero-order valence-corrected chi connectivity index (χ0v) is 10.9. The van der Waals surface area contributed by atoms with Gasteiger partial charge in [0.25, 0.3) is 5.91 Å². The van der Waals surface area contributed by atoms with Crippen molar-refractivity contribution >= 4 is 21.8 Å². The Morgan fingerprint density at radius 2 is 2.12 bits per heavy atom. The summed E-state index contributed by atoms with van der Waals surface area (Å²) in [5, 5.41) is 3.69. The monoisotopic (exact) mass is 285 g/mol. The highest BCUT2D eigenvalue weighted by atomic mass is 79.9. The molecule has 0 heterocycles. The minimum atomic E-state index is -0.0864. The van der Waals surface area contributed by atoms with E-state index in [1.807, 2.05) is 30.3 Å². The van der Waals surface area contributed by atoms with Gasteiger partial charge in [0.2, 0.25) is 0 Å². The van der Waals surface area contributed by atoms with Crippen molar-refractivity contribution in [3.05, 3.63) is 30.3 Å². The molecular formula is C12H16BrNO2. The van der Waals surface area contributed by atoms with E-state index in [0.717, 1.165) is 5.33 Å². The molecule has 0 saturated heterocycles. The lowest BCUT2D eigenvalue weighted by Crippen LogP contribution is -2.32. The minimum Gasteiger partial charge on any atom is -0.484 e. The molecule has 16 heavy (non-hydrogen) atoms. The van der Waals surface area contributed by atoms with Gasteiger partial charge in [-0.3, -0.25) is 4.79 Å². The summed E-state index contributed by atoms with van der Waals surface area (Å²) in [6, 6.07) is 9.31. The standard InChI is InChI=1S/C12H16BrNO2/c1-10(7-13)8-14-12(15)9-16-11-5-3-2-4-6-11/h2-6,10H,7-9H2,1H3,(H,14,15). The molecule has 1 rings (SSSR count). The number of carbonyl (C=O) groups is 1. The summed E-state index contributed by atoms with van der Waals surface area (Å²) in [6.45, 7) is 2.80. The number of hydrogen-bond acceptors (Lipinski definition) is 2. The van der Waals surface area contributed by atoms with E-state index in [-0.39, 0.29) is 12.5 Å². The van der Waals surface area contributed by atoms with Crippen LogP contribution in [0.4, 0.5) is 0 Å². The van der Waals surface area contributed by atoms with E-state index in [4.69, 9.17) is 4.74 Å². The number of para-hydroxylation sites is 1. The fraction of sp³-hybridized carbons (Fsp3) is 0.417. The summed E-state index contributed by atoms with van der Waals surface area (Å²) in [4.78, 5) is 11.4. The summed E-state index contributed by atoms with van der Waals surface area (Å²) >= 11 is 3.36. The molecule has 0 spiro atoms. The molecule has 3 nitrogen and oxygen atoms in total. The molecule has 0 saturated carbocycles. The molecule has 0 aliphatic rings. The smallest absolute Gasteiger partial charge is 0.257 e. The van der Waals surface area contributed by atoms with Crippen molar-refractivity contribution in [2.24, 2.45) is 5.92 Å². The molecule has 0 radical (unpaired) electrons. The number of hydrogen-bond donors (Lipinski definition) is 1.